The van der Waals surface area contributed by atoms with E-state index in [9.17, 15) is 10.4 Å². The van der Waals surface area contributed by atoms with E-state index in [1.165, 1.54) is 22.3 Å². The second-order valence-corrected chi connectivity index (χ2v) is 11.4. The van der Waals surface area contributed by atoms with Crippen LogP contribution in [0.15, 0.2) is 82.7 Å². The lowest BCUT2D eigenvalue weighted by atomic mass is 9.79. The van der Waals surface area contributed by atoms with Crippen LogP contribution in [0.1, 0.15) is 78.4 Å². The van der Waals surface area contributed by atoms with Gasteiger partial charge in [-0.25, -0.2) is 0 Å². The first-order valence-electron chi connectivity index (χ1n) is 14.4. The molecule has 0 aliphatic heterocycles. The average molecular weight is 527 g/mol. The van der Waals surface area contributed by atoms with Gasteiger partial charge in [0.2, 0.25) is 0 Å². The number of rotatable bonds is 10. The van der Waals surface area contributed by atoms with Crippen molar-refractivity contribution in [1.82, 2.24) is 0 Å². The summed E-state index contributed by atoms with van der Waals surface area (Å²) in [5.74, 6) is 2.93. The number of aliphatic hydroxyl groups excluding tert-OH is 1. The molecule has 0 bridgehead atoms. The monoisotopic (exact) mass is 526 g/mol. The molecule has 3 unspecified atom stereocenters. The number of nitrogens with two attached hydrogens (primary N) is 1. The van der Waals surface area contributed by atoms with E-state index >= 15 is 0 Å². The first-order chi connectivity index (χ1) is 18.7. The van der Waals surface area contributed by atoms with Crippen LogP contribution in [0.3, 0.4) is 0 Å². The fourth-order valence-corrected chi connectivity index (χ4v) is 5.51. The summed E-state index contributed by atoms with van der Waals surface area (Å²) >= 11 is 0. The number of hydrogen-bond acceptors (Lipinski definition) is 4. The smallest absolute Gasteiger partial charge is 0.136 e. The summed E-state index contributed by atoms with van der Waals surface area (Å²) in [5.41, 5.74) is 13.6. The predicted molar refractivity (Wildman–Crippen MR) is 163 cm³/mol. The number of nitriles is 1. The Labute approximate surface area is 236 Å². The van der Waals surface area contributed by atoms with Crippen LogP contribution in [-0.4, -0.2) is 18.3 Å². The molecule has 208 valence electrons. The molecule has 1 aromatic carbocycles. The zero-order valence-electron chi connectivity index (χ0n) is 24.6. The van der Waals surface area contributed by atoms with Crippen LogP contribution in [0.4, 0.5) is 0 Å². The maximum Gasteiger partial charge on any atom is 0.136 e. The summed E-state index contributed by atoms with van der Waals surface area (Å²) in [6, 6.07) is 7.99. The molecule has 0 saturated heterocycles. The third kappa shape index (κ3) is 7.94. The lowest BCUT2D eigenvalue weighted by molar-refractivity contribution is 0.266. The van der Waals surface area contributed by atoms with Gasteiger partial charge in [-0.15, -0.1) is 0 Å². The lowest BCUT2D eigenvalue weighted by Crippen LogP contribution is -2.15. The van der Waals surface area contributed by atoms with Crippen molar-refractivity contribution in [2.24, 2.45) is 29.4 Å². The molecule has 4 nitrogen and oxygen atoms in total. The lowest BCUT2D eigenvalue weighted by Gasteiger charge is -2.26. The van der Waals surface area contributed by atoms with Gasteiger partial charge in [0, 0.05) is 12.2 Å². The van der Waals surface area contributed by atoms with Gasteiger partial charge < -0.3 is 15.6 Å². The summed E-state index contributed by atoms with van der Waals surface area (Å²) in [7, 11) is 0. The zero-order valence-corrected chi connectivity index (χ0v) is 24.6. The topological polar surface area (TPSA) is 79.3 Å². The molecule has 0 spiro atoms. The molecule has 4 heteroatoms. The molecular weight excluding hydrogens is 480 g/mol. The zero-order chi connectivity index (χ0) is 28.5. The van der Waals surface area contributed by atoms with Gasteiger partial charge in [-0.05, 0) is 111 Å². The molecule has 3 atom stereocenters. The highest BCUT2D eigenvalue weighted by atomic mass is 16.5. The quantitative estimate of drug-likeness (QED) is 0.323. The maximum atomic E-state index is 9.69. The number of benzene rings is 1. The summed E-state index contributed by atoms with van der Waals surface area (Å²) in [6.45, 7) is 14.2. The molecule has 39 heavy (non-hydrogen) atoms. The molecule has 0 aromatic heterocycles. The predicted octanol–water partition coefficient (Wildman–Crippen LogP) is 8.03. The molecule has 3 N–H and O–H groups in total. The van der Waals surface area contributed by atoms with Gasteiger partial charge in [0.1, 0.15) is 11.5 Å². The SMILES string of the molecule is CC1=CC(Oc2cc(C#N)ccc2C2=CCC(C)/C=C(\CCN)C=C2)=CC(C(CCCO)C(C)C)=C(C)C1C. The summed E-state index contributed by atoms with van der Waals surface area (Å²) < 4.78 is 6.71. The minimum Gasteiger partial charge on any atom is -0.457 e. The van der Waals surface area contributed by atoms with Crippen molar-refractivity contribution in [3.8, 4) is 11.8 Å². The third-order valence-corrected chi connectivity index (χ3v) is 8.10. The number of hydrogen-bond donors (Lipinski definition) is 2. The van der Waals surface area contributed by atoms with Crippen LogP contribution >= 0.6 is 0 Å². The summed E-state index contributed by atoms with van der Waals surface area (Å²) in [4.78, 5) is 0. The largest absolute Gasteiger partial charge is 0.457 e. The van der Waals surface area contributed by atoms with Gasteiger partial charge in [0.25, 0.3) is 0 Å². The van der Waals surface area contributed by atoms with Gasteiger partial charge >= 0.3 is 0 Å². The van der Waals surface area contributed by atoms with Crippen LogP contribution in [0.25, 0.3) is 5.57 Å². The number of aliphatic hydroxyl groups is 1. The normalized spacial score (nSPS) is 22.1. The Balaban J connectivity index is 2.09. The van der Waals surface area contributed by atoms with E-state index in [4.69, 9.17) is 10.5 Å². The van der Waals surface area contributed by atoms with Crippen molar-refractivity contribution in [3.63, 3.8) is 0 Å². The van der Waals surface area contributed by atoms with Crippen molar-refractivity contribution >= 4 is 5.57 Å². The fourth-order valence-electron chi connectivity index (χ4n) is 5.51. The average Bonchev–Trinajstić information content (AvgIpc) is 2.99. The maximum absolute atomic E-state index is 9.69. The minimum absolute atomic E-state index is 0.198. The minimum atomic E-state index is 0.198. The van der Waals surface area contributed by atoms with Gasteiger partial charge in [-0.1, -0.05) is 68.7 Å². The first-order valence-corrected chi connectivity index (χ1v) is 14.4. The standard InChI is InChI=1S/C35H46N2O2/c1-23(2)32(8-7-17-38)34-21-31(19-25(4)26(5)27(34)6)39-35-20-29(22-37)11-14-33(35)30-12-9-24(3)18-28(10-13-30)15-16-36/h10-14,18-21,23-24,26,32,38H,7-9,15-17,36H2,1-6H3/b13-10?,28-18-,30-12?. The van der Waals surface area contributed by atoms with Crippen molar-refractivity contribution in [3.05, 3.63) is 93.8 Å². The second kappa shape index (κ2) is 14.3. The van der Waals surface area contributed by atoms with E-state index in [-0.39, 0.29) is 6.61 Å². The third-order valence-electron chi connectivity index (χ3n) is 8.10. The Hall–Kier alpha value is -3.13. The van der Waals surface area contributed by atoms with Gasteiger partial charge in [-0.3, -0.25) is 0 Å². The Kier molecular flexibility index (Phi) is 11.2. The van der Waals surface area contributed by atoms with Crippen LogP contribution < -0.4 is 10.5 Å². The summed E-state index contributed by atoms with van der Waals surface area (Å²) in [6.07, 6.45) is 16.7. The molecule has 3 rings (SSSR count). The second-order valence-electron chi connectivity index (χ2n) is 11.4. The number of nitrogens with zero attached hydrogens (tertiary/aromatic N) is 1. The molecule has 0 radical (unpaired) electrons. The molecule has 1 aromatic rings. The molecule has 0 heterocycles. The fraction of sp³-hybridized carbons (Fsp3) is 0.457. The molecule has 0 saturated carbocycles. The van der Waals surface area contributed by atoms with E-state index in [0.29, 0.717) is 41.5 Å². The van der Waals surface area contributed by atoms with Crippen LogP contribution in [0.5, 0.6) is 5.75 Å². The van der Waals surface area contributed by atoms with Crippen molar-refractivity contribution in [2.75, 3.05) is 13.2 Å². The van der Waals surface area contributed by atoms with Gasteiger partial charge in [0.15, 0.2) is 0 Å². The van der Waals surface area contributed by atoms with Crippen molar-refractivity contribution in [2.45, 2.75) is 67.2 Å². The Bertz CT molecular complexity index is 1250. The van der Waals surface area contributed by atoms with Crippen LogP contribution in [-0.2, 0) is 0 Å². The Morgan fingerprint density at radius 2 is 1.92 bits per heavy atom. The molecule has 0 fully saturated rings. The van der Waals surface area contributed by atoms with Crippen LogP contribution in [0, 0.1) is 35.0 Å². The van der Waals surface area contributed by atoms with E-state index in [0.717, 1.165) is 42.6 Å². The van der Waals surface area contributed by atoms with Gasteiger partial charge in [-0.2, -0.15) is 5.26 Å². The highest BCUT2D eigenvalue weighted by Gasteiger charge is 2.25. The number of allylic oxidation sites excluding steroid dienone is 10. The highest BCUT2D eigenvalue weighted by Crippen LogP contribution is 2.38. The number of ether oxygens (including phenoxy) is 1. The van der Waals surface area contributed by atoms with Crippen LogP contribution in [0.2, 0.25) is 0 Å². The highest BCUT2D eigenvalue weighted by molar-refractivity contribution is 5.79. The van der Waals surface area contributed by atoms with Crippen molar-refractivity contribution < 1.29 is 9.84 Å². The van der Waals surface area contributed by atoms with E-state index in [1.807, 2.05) is 18.2 Å². The first kappa shape index (κ1) is 30.4. The van der Waals surface area contributed by atoms with Gasteiger partial charge in [0.05, 0.1) is 11.6 Å². The summed E-state index contributed by atoms with van der Waals surface area (Å²) in [5, 5.41) is 19.2. The van der Waals surface area contributed by atoms with E-state index in [1.54, 1.807) is 0 Å². The van der Waals surface area contributed by atoms with E-state index < -0.39 is 0 Å². The molecule has 0 amide bonds. The molecule has 2 aliphatic carbocycles. The Morgan fingerprint density at radius 3 is 2.59 bits per heavy atom. The molecular formula is C35H46N2O2. The Morgan fingerprint density at radius 1 is 1.15 bits per heavy atom. The molecule has 2 aliphatic rings. The van der Waals surface area contributed by atoms with E-state index in [2.05, 4.69) is 84.1 Å². The van der Waals surface area contributed by atoms with Crippen molar-refractivity contribution in [1.29, 1.82) is 5.26 Å².